The standard InChI is InChI=1S/C14H17NO/c16-10-14(11-4-2-1-3-5-11)15-12-6-7-13(15)9-8-12/h1-5,10,12-14H,6-9H2. The third kappa shape index (κ3) is 1.49. The molecule has 0 amide bonds. The Labute approximate surface area is 96.3 Å². The monoisotopic (exact) mass is 215 g/mol. The van der Waals surface area contributed by atoms with Gasteiger partial charge in [0.25, 0.3) is 0 Å². The average Bonchev–Trinajstić information content (AvgIpc) is 2.92. The first-order valence-corrected chi connectivity index (χ1v) is 6.18. The zero-order valence-corrected chi connectivity index (χ0v) is 9.38. The molecule has 0 saturated carbocycles. The Balaban J connectivity index is 1.89. The van der Waals surface area contributed by atoms with Gasteiger partial charge in [0.05, 0.1) is 6.04 Å². The second-order valence-electron chi connectivity index (χ2n) is 4.90. The minimum absolute atomic E-state index is 0.0128. The van der Waals surface area contributed by atoms with E-state index in [-0.39, 0.29) is 6.04 Å². The normalized spacial score (nSPS) is 30.5. The molecule has 2 saturated heterocycles. The summed E-state index contributed by atoms with van der Waals surface area (Å²) < 4.78 is 0. The molecular weight excluding hydrogens is 198 g/mol. The van der Waals surface area contributed by atoms with Crippen molar-refractivity contribution in [3.63, 3.8) is 0 Å². The maximum Gasteiger partial charge on any atom is 0.141 e. The second-order valence-corrected chi connectivity index (χ2v) is 4.90. The minimum Gasteiger partial charge on any atom is -0.301 e. The fourth-order valence-electron chi connectivity index (χ4n) is 3.38. The molecule has 2 fully saturated rings. The van der Waals surface area contributed by atoms with Crippen molar-refractivity contribution in [3.05, 3.63) is 35.9 Å². The van der Waals surface area contributed by atoms with E-state index in [1.54, 1.807) is 0 Å². The van der Waals surface area contributed by atoms with E-state index < -0.39 is 0 Å². The highest BCUT2D eigenvalue weighted by molar-refractivity contribution is 5.61. The Hall–Kier alpha value is -1.15. The molecule has 1 aromatic rings. The molecule has 2 aliphatic rings. The van der Waals surface area contributed by atoms with Gasteiger partial charge in [-0.1, -0.05) is 30.3 Å². The molecule has 0 aromatic heterocycles. The second kappa shape index (κ2) is 4.02. The van der Waals surface area contributed by atoms with E-state index in [0.717, 1.165) is 11.8 Å². The Morgan fingerprint density at radius 2 is 1.62 bits per heavy atom. The third-order valence-corrected chi connectivity index (χ3v) is 4.10. The number of hydrogen-bond acceptors (Lipinski definition) is 2. The number of hydrogen-bond donors (Lipinski definition) is 0. The van der Waals surface area contributed by atoms with Crippen molar-refractivity contribution in [1.29, 1.82) is 0 Å². The fraction of sp³-hybridized carbons (Fsp3) is 0.500. The zero-order valence-electron chi connectivity index (χ0n) is 9.38. The minimum atomic E-state index is -0.0128. The SMILES string of the molecule is O=CC(c1ccccc1)N1C2CCC1CC2. The van der Waals surface area contributed by atoms with Gasteiger partial charge in [-0.25, -0.2) is 0 Å². The van der Waals surface area contributed by atoms with Crippen LogP contribution in [0.4, 0.5) is 0 Å². The first kappa shape index (κ1) is 10.0. The van der Waals surface area contributed by atoms with Crippen LogP contribution in [0.15, 0.2) is 30.3 Å². The van der Waals surface area contributed by atoms with E-state index in [2.05, 4.69) is 17.0 Å². The lowest BCUT2D eigenvalue weighted by Gasteiger charge is -2.28. The Bertz CT molecular complexity index is 356. The van der Waals surface area contributed by atoms with Crippen LogP contribution in [-0.4, -0.2) is 23.3 Å². The molecule has 84 valence electrons. The van der Waals surface area contributed by atoms with Crippen LogP contribution in [0, 0.1) is 0 Å². The lowest BCUT2D eigenvalue weighted by atomic mass is 10.0. The Morgan fingerprint density at radius 1 is 1.06 bits per heavy atom. The molecule has 1 unspecified atom stereocenters. The first-order valence-electron chi connectivity index (χ1n) is 6.18. The summed E-state index contributed by atoms with van der Waals surface area (Å²) in [5.74, 6) is 0. The molecule has 2 heterocycles. The van der Waals surface area contributed by atoms with E-state index in [4.69, 9.17) is 0 Å². The summed E-state index contributed by atoms with van der Waals surface area (Å²) in [6.07, 6.45) is 6.24. The summed E-state index contributed by atoms with van der Waals surface area (Å²) in [5, 5.41) is 0. The molecule has 0 N–H and O–H groups in total. The van der Waals surface area contributed by atoms with Crippen molar-refractivity contribution < 1.29 is 4.79 Å². The van der Waals surface area contributed by atoms with E-state index in [1.165, 1.54) is 25.7 Å². The molecule has 0 radical (unpaired) electrons. The predicted molar refractivity (Wildman–Crippen MR) is 63.1 cm³/mol. The molecule has 1 atom stereocenters. The molecule has 0 aliphatic carbocycles. The van der Waals surface area contributed by atoms with Crippen molar-refractivity contribution in [2.75, 3.05) is 0 Å². The number of benzene rings is 1. The van der Waals surface area contributed by atoms with Crippen molar-refractivity contribution in [2.24, 2.45) is 0 Å². The van der Waals surface area contributed by atoms with Crippen LogP contribution >= 0.6 is 0 Å². The van der Waals surface area contributed by atoms with Crippen LogP contribution in [0.1, 0.15) is 37.3 Å². The van der Waals surface area contributed by atoms with Crippen LogP contribution in [0.2, 0.25) is 0 Å². The lowest BCUT2D eigenvalue weighted by Crippen LogP contribution is -2.33. The average molecular weight is 215 g/mol. The topological polar surface area (TPSA) is 20.3 Å². The van der Waals surface area contributed by atoms with Gasteiger partial charge in [0, 0.05) is 12.1 Å². The summed E-state index contributed by atoms with van der Waals surface area (Å²) in [6.45, 7) is 0. The Kier molecular flexibility index (Phi) is 2.52. The number of fused-ring (bicyclic) bond motifs is 2. The highest BCUT2D eigenvalue weighted by Gasteiger charge is 2.43. The quantitative estimate of drug-likeness (QED) is 0.722. The molecule has 0 spiro atoms. The largest absolute Gasteiger partial charge is 0.301 e. The van der Waals surface area contributed by atoms with Gasteiger partial charge in [-0.3, -0.25) is 4.90 Å². The number of carbonyl (C=O) groups is 1. The maximum atomic E-state index is 11.4. The van der Waals surface area contributed by atoms with Crippen molar-refractivity contribution in [1.82, 2.24) is 4.90 Å². The van der Waals surface area contributed by atoms with Gasteiger partial charge in [0.15, 0.2) is 0 Å². The predicted octanol–water partition coefficient (Wildman–Crippen LogP) is 2.55. The molecular formula is C14H17NO. The smallest absolute Gasteiger partial charge is 0.141 e. The van der Waals surface area contributed by atoms with Crippen LogP contribution < -0.4 is 0 Å². The number of carbonyl (C=O) groups excluding carboxylic acids is 1. The summed E-state index contributed by atoms with van der Waals surface area (Å²) in [7, 11) is 0. The van der Waals surface area contributed by atoms with Gasteiger partial charge < -0.3 is 4.79 Å². The molecule has 1 aromatic carbocycles. The van der Waals surface area contributed by atoms with Gasteiger partial charge in [-0.15, -0.1) is 0 Å². The van der Waals surface area contributed by atoms with Crippen molar-refractivity contribution in [2.45, 2.75) is 43.8 Å². The Morgan fingerprint density at radius 3 is 2.12 bits per heavy atom. The highest BCUT2D eigenvalue weighted by atomic mass is 16.1. The first-order chi connectivity index (χ1) is 7.90. The van der Waals surface area contributed by atoms with Gasteiger partial charge in [-0.05, 0) is 31.2 Å². The number of rotatable bonds is 3. The zero-order chi connectivity index (χ0) is 11.0. The molecule has 3 rings (SSSR count). The molecule has 2 heteroatoms. The van der Waals surface area contributed by atoms with E-state index in [9.17, 15) is 4.79 Å². The summed E-state index contributed by atoms with van der Waals surface area (Å²) in [6, 6.07) is 11.5. The van der Waals surface area contributed by atoms with E-state index in [1.807, 2.05) is 18.2 Å². The fourth-order valence-corrected chi connectivity index (χ4v) is 3.38. The van der Waals surface area contributed by atoms with E-state index in [0.29, 0.717) is 12.1 Å². The third-order valence-electron chi connectivity index (χ3n) is 4.10. The molecule has 2 nitrogen and oxygen atoms in total. The maximum absolute atomic E-state index is 11.4. The molecule has 2 aliphatic heterocycles. The number of nitrogens with zero attached hydrogens (tertiary/aromatic N) is 1. The summed E-state index contributed by atoms with van der Waals surface area (Å²) in [4.78, 5) is 13.8. The van der Waals surface area contributed by atoms with Gasteiger partial charge in [0.2, 0.25) is 0 Å². The number of aldehydes is 1. The highest BCUT2D eigenvalue weighted by Crippen LogP contribution is 2.42. The van der Waals surface area contributed by atoms with Gasteiger partial charge in [0.1, 0.15) is 6.29 Å². The van der Waals surface area contributed by atoms with E-state index >= 15 is 0 Å². The van der Waals surface area contributed by atoms with Crippen molar-refractivity contribution in [3.8, 4) is 0 Å². The summed E-state index contributed by atoms with van der Waals surface area (Å²) in [5.41, 5.74) is 1.15. The molecule has 16 heavy (non-hydrogen) atoms. The summed E-state index contributed by atoms with van der Waals surface area (Å²) >= 11 is 0. The van der Waals surface area contributed by atoms with Crippen LogP contribution in [0.5, 0.6) is 0 Å². The van der Waals surface area contributed by atoms with Crippen LogP contribution in [-0.2, 0) is 4.79 Å². The van der Waals surface area contributed by atoms with Crippen LogP contribution in [0.3, 0.4) is 0 Å². The van der Waals surface area contributed by atoms with Crippen LogP contribution in [0.25, 0.3) is 0 Å². The van der Waals surface area contributed by atoms with Gasteiger partial charge >= 0.3 is 0 Å². The molecule has 2 bridgehead atoms. The van der Waals surface area contributed by atoms with Gasteiger partial charge in [-0.2, -0.15) is 0 Å². The van der Waals surface area contributed by atoms with Crippen molar-refractivity contribution >= 4 is 6.29 Å². The lowest BCUT2D eigenvalue weighted by molar-refractivity contribution is -0.113.